The second kappa shape index (κ2) is 8.88. The molecule has 1 heterocycles. The maximum Gasteiger partial charge on any atom is 0.303 e. The second-order valence-corrected chi connectivity index (χ2v) is 6.16. The zero-order chi connectivity index (χ0) is 18.4. The van der Waals surface area contributed by atoms with Crippen LogP contribution >= 0.6 is 12.6 Å². The minimum Gasteiger partial charge on any atom is -0.481 e. The number of thiol groups is 1. The summed E-state index contributed by atoms with van der Waals surface area (Å²) in [6.45, 7) is 0.926. The summed E-state index contributed by atoms with van der Waals surface area (Å²) in [5, 5.41) is 27.2. The molecule has 0 aliphatic carbocycles. The average molecular weight is 364 g/mol. The van der Waals surface area contributed by atoms with Gasteiger partial charge in [0.2, 0.25) is 0 Å². The maximum atomic E-state index is 11.2. The van der Waals surface area contributed by atoms with Crippen LogP contribution < -0.4 is 0 Å². The van der Waals surface area contributed by atoms with Gasteiger partial charge in [0.1, 0.15) is 12.0 Å². The Morgan fingerprint density at radius 2 is 1.38 bits per heavy atom. The largest absolute Gasteiger partial charge is 0.481 e. The molecule has 0 aromatic rings. The lowest BCUT2D eigenvalue weighted by Crippen LogP contribution is -2.49. The van der Waals surface area contributed by atoms with Gasteiger partial charge < -0.3 is 24.8 Å². The van der Waals surface area contributed by atoms with Gasteiger partial charge in [-0.1, -0.05) is 0 Å². The van der Waals surface area contributed by atoms with E-state index in [-0.39, 0.29) is 6.61 Å². The van der Waals surface area contributed by atoms with Gasteiger partial charge in [-0.15, -0.1) is 12.6 Å². The number of aliphatic carboxylic acids is 3. The van der Waals surface area contributed by atoms with E-state index in [0.29, 0.717) is 0 Å². The molecule has 5 atom stereocenters. The molecule has 0 spiro atoms. The molecule has 5 unspecified atom stereocenters. The molecule has 10 heteroatoms. The van der Waals surface area contributed by atoms with Crippen molar-refractivity contribution in [1.29, 1.82) is 0 Å². The van der Waals surface area contributed by atoms with Gasteiger partial charge in [0, 0.05) is 25.2 Å². The van der Waals surface area contributed by atoms with Crippen LogP contribution in [-0.4, -0.2) is 57.3 Å². The van der Waals surface area contributed by atoms with Crippen molar-refractivity contribution in [3.63, 3.8) is 0 Å². The lowest BCUT2D eigenvalue weighted by Gasteiger charge is -2.44. The van der Waals surface area contributed by atoms with E-state index >= 15 is 0 Å². The van der Waals surface area contributed by atoms with Crippen molar-refractivity contribution < 1.29 is 44.0 Å². The van der Waals surface area contributed by atoms with Crippen LogP contribution in [0.25, 0.3) is 0 Å². The number of carboxylic acid groups (broad SMARTS) is 3. The first-order chi connectivity index (χ1) is 11.1. The first-order valence-corrected chi connectivity index (χ1v) is 7.75. The van der Waals surface area contributed by atoms with Crippen molar-refractivity contribution in [3.05, 3.63) is 0 Å². The van der Waals surface area contributed by atoms with Crippen LogP contribution in [0.15, 0.2) is 0 Å². The number of rotatable bonds is 8. The molecule has 0 radical (unpaired) electrons. The van der Waals surface area contributed by atoms with Gasteiger partial charge in [0.15, 0.2) is 0 Å². The molecule has 0 bridgehead atoms. The Bertz CT molecular complexity index is 506. The van der Waals surface area contributed by atoms with E-state index in [1.165, 1.54) is 6.92 Å². The van der Waals surface area contributed by atoms with Crippen LogP contribution in [0.4, 0.5) is 0 Å². The second-order valence-electron chi connectivity index (χ2n) is 5.65. The number of ether oxygens (including phenoxy) is 2. The monoisotopic (exact) mass is 364 g/mol. The van der Waals surface area contributed by atoms with Gasteiger partial charge in [-0.2, -0.15) is 0 Å². The fourth-order valence-electron chi connectivity index (χ4n) is 2.99. The van der Waals surface area contributed by atoms with Crippen molar-refractivity contribution in [1.82, 2.24) is 0 Å². The predicted molar refractivity (Wildman–Crippen MR) is 81.5 cm³/mol. The van der Waals surface area contributed by atoms with Crippen LogP contribution in [0.5, 0.6) is 0 Å². The summed E-state index contributed by atoms with van der Waals surface area (Å²) in [4.78, 5) is 44.3. The van der Waals surface area contributed by atoms with E-state index in [1.54, 1.807) is 0 Å². The molecular weight excluding hydrogens is 344 g/mol. The quantitative estimate of drug-likeness (QED) is 0.356. The lowest BCUT2D eigenvalue weighted by atomic mass is 9.72. The zero-order valence-corrected chi connectivity index (χ0v) is 13.8. The predicted octanol–water partition coefficient (Wildman–Crippen LogP) is 0.477. The summed E-state index contributed by atoms with van der Waals surface area (Å²) < 4.78 is 10.4. The van der Waals surface area contributed by atoms with Crippen LogP contribution in [-0.2, 0) is 28.7 Å². The molecule has 1 rings (SSSR count). The van der Waals surface area contributed by atoms with Crippen molar-refractivity contribution >= 4 is 36.5 Å². The van der Waals surface area contributed by atoms with E-state index in [2.05, 4.69) is 12.6 Å². The summed E-state index contributed by atoms with van der Waals surface area (Å²) in [5.74, 6) is -6.49. The molecule has 3 N–H and O–H groups in total. The first-order valence-electron chi connectivity index (χ1n) is 7.24. The normalized spacial score (nSPS) is 29.7. The summed E-state index contributed by atoms with van der Waals surface area (Å²) in [6.07, 6.45) is -2.13. The average Bonchev–Trinajstić information content (AvgIpc) is 2.42. The molecule has 1 saturated heterocycles. The minimum absolute atomic E-state index is 0.250. The number of carbonyl (C=O) groups is 4. The fourth-order valence-corrected chi connectivity index (χ4v) is 3.47. The van der Waals surface area contributed by atoms with Crippen LogP contribution in [0.1, 0.15) is 26.2 Å². The van der Waals surface area contributed by atoms with Crippen LogP contribution in [0.2, 0.25) is 0 Å². The zero-order valence-electron chi connectivity index (χ0n) is 13.0. The Labute approximate surface area is 143 Å². The number of esters is 1. The van der Waals surface area contributed by atoms with Gasteiger partial charge in [-0.05, 0) is 5.92 Å². The van der Waals surface area contributed by atoms with Gasteiger partial charge >= 0.3 is 23.9 Å². The molecule has 0 aromatic heterocycles. The highest BCUT2D eigenvalue weighted by atomic mass is 32.1. The van der Waals surface area contributed by atoms with E-state index in [1.807, 2.05) is 0 Å². The molecule has 1 aliphatic heterocycles. The van der Waals surface area contributed by atoms with E-state index < -0.39 is 72.4 Å². The number of carbonyl (C=O) groups excluding carboxylic acids is 1. The Morgan fingerprint density at radius 1 is 0.917 bits per heavy atom. The SMILES string of the molecule is CC(=O)OCC1OC(S)C(CC(=O)O)C(CC(=O)O)C1CC(=O)O. The smallest absolute Gasteiger partial charge is 0.303 e. The summed E-state index contributed by atoms with van der Waals surface area (Å²) >= 11 is 4.18. The van der Waals surface area contributed by atoms with E-state index in [4.69, 9.17) is 24.8 Å². The van der Waals surface area contributed by atoms with E-state index in [9.17, 15) is 19.2 Å². The Morgan fingerprint density at radius 3 is 1.83 bits per heavy atom. The minimum atomic E-state index is -1.18. The molecule has 1 fully saturated rings. The van der Waals surface area contributed by atoms with Gasteiger partial charge in [0.25, 0.3) is 0 Å². The van der Waals surface area contributed by atoms with Gasteiger partial charge in [-0.25, -0.2) is 0 Å². The molecule has 0 aromatic carbocycles. The van der Waals surface area contributed by atoms with Gasteiger partial charge in [-0.3, -0.25) is 19.2 Å². The first kappa shape index (κ1) is 20.2. The Kier molecular flexibility index (Phi) is 7.49. The summed E-state index contributed by atoms with van der Waals surface area (Å²) in [5.41, 5.74) is -0.906. The highest BCUT2D eigenvalue weighted by Gasteiger charge is 2.47. The van der Waals surface area contributed by atoms with Crippen molar-refractivity contribution in [2.45, 2.75) is 37.7 Å². The summed E-state index contributed by atoms with van der Waals surface area (Å²) in [6, 6.07) is 0. The molecule has 0 amide bonds. The van der Waals surface area contributed by atoms with Crippen LogP contribution in [0, 0.1) is 17.8 Å². The molecule has 136 valence electrons. The van der Waals surface area contributed by atoms with E-state index in [0.717, 1.165) is 0 Å². The lowest BCUT2D eigenvalue weighted by molar-refractivity contribution is -0.172. The third kappa shape index (κ3) is 6.00. The fraction of sp³-hybridized carbons (Fsp3) is 0.714. The Balaban J connectivity index is 3.11. The van der Waals surface area contributed by atoms with Gasteiger partial charge in [0.05, 0.1) is 18.9 Å². The third-order valence-electron chi connectivity index (χ3n) is 3.94. The maximum absolute atomic E-state index is 11.2. The topological polar surface area (TPSA) is 147 Å². The third-order valence-corrected chi connectivity index (χ3v) is 4.44. The van der Waals surface area contributed by atoms with Crippen molar-refractivity contribution in [3.8, 4) is 0 Å². The molecule has 1 aliphatic rings. The van der Waals surface area contributed by atoms with Crippen molar-refractivity contribution in [2.24, 2.45) is 17.8 Å². The Hall–Kier alpha value is -1.81. The number of carboxylic acids is 3. The molecule has 24 heavy (non-hydrogen) atoms. The number of hydrogen-bond donors (Lipinski definition) is 4. The molecule has 9 nitrogen and oxygen atoms in total. The molecule has 0 saturated carbocycles. The number of hydrogen-bond acceptors (Lipinski definition) is 7. The summed E-state index contributed by atoms with van der Waals surface area (Å²) in [7, 11) is 0. The highest BCUT2D eigenvalue weighted by Crippen LogP contribution is 2.42. The van der Waals surface area contributed by atoms with Crippen LogP contribution in [0.3, 0.4) is 0 Å². The molecular formula is C14H20O9S. The highest BCUT2D eigenvalue weighted by molar-refractivity contribution is 7.80. The van der Waals surface area contributed by atoms with Crippen molar-refractivity contribution in [2.75, 3.05) is 6.61 Å². The standard InChI is InChI=1S/C14H20O9S/c1-6(15)22-5-10-8(3-12(18)19)7(2-11(16)17)9(4-13(20)21)14(24)23-10/h7-10,14,24H,2-5H2,1H3,(H,16,17)(H,18,19)(H,20,21).